The molecular formula is C15H25ClN6O. The van der Waals surface area contributed by atoms with Crippen LogP contribution < -0.4 is 15.7 Å². The van der Waals surface area contributed by atoms with Crippen LogP contribution in [0.25, 0.3) is 0 Å². The molecule has 128 valence electrons. The van der Waals surface area contributed by atoms with Crippen molar-refractivity contribution in [1.29, 1.82) is 0 Å². The third-order valence-electron chi connectivity index (χ3n) is 3.80. The molecule has 0 aromatic carbocycles. The summed E-state index contributed by atoms with van der Waals surface area (Å²) in [6, 6.07) is 0. The van der Waals surface area contributed by atoms with Crippen molar-refractivity contribution in [3.8, 4) is 12.3 Å². The Morgan fingerprint density at radius 3 is 2.43 bits per heavy atom. The molecular weight excluding hydrogens is 316 g/mol. The summed E-state index contributed by atoms with van der Waals surface area (Å²) in [4.78, 5) is 18.1. The fourth-order valence-corrected chi connectivity index (χ4v) is 2.50. The summed E-state index contributed by atoms with van der Waals surface area (Å²) in [6.07, 6.45) is 11.8. The van der Waals surface area contributed by atoms with Crippen molar-refractivity contribution in [2.24, 2.45) is 5.92 Å². The Kier molecular flexibility index (Phi) is 8.45. The molecule has 1 aromatic heterocycles. The molecule has 0 unspecified atom stereocenters. The molecule has 1 fully saturated rings. The predicted molar refractivity (Wildman–Crippen MR) is 94.9 cm³/mol. The van der Waals surface area contributed by atoms with Crippen molar-refractivity contribution in [2.75, 3.05) is 42.9 Å². The monoisotopic (exact) mass is 340 g/mol. The van der Waals surface area contributed by atoms with Gasteiger partial charge in [-0.1, -0.05) is 25.2 Å². The largest absolute Gasteiger partial charge is 0.354 e. The maximum atomic E-state index is 5.26. The zero-order valence-corrected chi connectivity index (χ0v) is 14.5. The van der Waals surface area contributed by atoms with E-state index in [4.69, 9.17) is 11.3 Å². The standard InChI is InChI=1S/C15H24N6O.ClH/c1-4-10-16-13-18-14(20-15(19-13)21(2)22-3)17-11-12-8-6-5-7-9-12;/h1,12H,5-11H2,2-3H3,(H2,16,17,18,19,20);1H. The second-order valence-electron chi connectivity index (χ2n) is 5.41. The first kappa shape index (κ1) is 19.3. The van der Waals surface area contributed by atoms with E-state index >= 15 is 0 Å². The fraction of sp³-hybridized carbons (Fsp3) is 0.667. The van der Waals surface area contributed by atoms with E-state index in [2.05, 4.69) is 31.5 Å². The molecule has 1 aliphatic carbocycles. The highest BCUT2D eigenvalue weighted by Gasteiger charge is 2.15. The van der Waals surface area contributed by atoms with Crippen molar-refractivity contribution < 1.29 is 4.84 Å². The van der Waals surface area contributed by atoms with Gasteiger partial charge in [-0.15, -0.1) is 18.8 Å². The van der Waals surface area contributed by atoms with Crippen LogP contribution in [0.3, 0.4) is 0 Å². The number of rotatable bonds is 7. The summed E-state index contributed by atoms with van der Waals surface area (Å²) in [7, 11) is 3.30. The van der Waals surface area contributed by atoms with Gasteiger partial charge in [0.25, 0.3) is 5.95 Å². The number of halogens is 1. The predicted octanol–water partition coefficient (Wildman–Crippen LogP) is 2.33. The quantitative estimate of drug-likeness (QED) is 0.582. The Hall–Kier alpha value is -1.78. The highest BCUT2D eigenvalue weighted by molar-refractivity contribution is 5.85. The number of nitrogens with zero attached hydrogens (tertiary/aromatic N) is 4. The highest BCUT2D eigenvalue weighted by atomic mass is 35.5. The first-order valence-corrected chi connectivity index (χ1v) is 7.68. The molecule has 23 heavy (non-hydrogen) atoms. The molecule has 1 saturated carbocycles. The van der Waals surface area contributed by atoms with E-state index < -0.39 is 0 Å². The molecule has 0 spiro atoms. The zero-order chi connectivity index (χ0) is 15.8. The first-order valence-electron chi connectivity index (χ1n) is 7.68. The second-order valence-corrected chi connectivity index (χ2v) is 5.41. The molecule has 8 heteroatoms. The average molecular weight is 341 g/mol. The topological polar surface area (TPSA) is 75.2 Å². The van der Waals surface area contributed by atoms with Crippen LogP contribution in [0.15, 0.2) is 0 Å². The molecule has 1 heterocycles. The molecule has 7 nitrogen and oxygen atoms in total. The lowest BCUT2D eigenvalue weighted by atomic mass is 9.89. The van der Waals surface area contributed by atoms with Gasteiger partial charge in [0.2, 0.25) is 11.9 Å². The smallest absolute Gasteiger partial charge is 0.256 e. The van der Waals surface area contributed by atoms with Gasteiger partial charge in [0, 0.05) is 13.6 Å². The summed E-state index contributed by atoms with van der Waals surface area (Å²) in [5.74, 6) is 4.61. The normalized spacial score (nSPS) is 14.5. The van der Waals surface area contributed by atoms with Crippen LogP contribution in [0.5, 0.6) is 0 Å². The second kappa shape index (κ2) is 10.1. The van der Waals surface area contributed by atoms with Gasteiger partial charge in [-0.3, -0.25) is 4.84 Å². The number of hydrogen-bond acceptors (Lipinski definition) is 7. The third kappa shape index (κ3) is 6.08. The lowest BCUT2D eigenvalue weighted by Gasteiger charge is -2.22. The van der Waals surface area contributed by atoms with Crippen molar-refractivity contribution in [2.45, 2.75) is 32.1 Å². The molecule has 0 amide bonds. The minimum absolute atomic E-state index is 0. The molecule has 0 aliphatic heterocycles. The van der Waals surface area contributed by atoms with Crippen LogP contribution in [0, 0.1) is 18.3 Å². The molecule has 1 aliphatic rings. The minimum atomic E-state index is 0. The lowest BCUT2D eigenvalue weighted by Crippen LogP contribution is -2.22. The van der Waals surface area contributed by atoms with Crippen LogP contribution in [-0.2, 0) is 4.84 Å². The molecule has 2 N–H and O–H groups in total. The van der Waals surface area contributed by atoms with Gasteiger partial charge < -0.3 is 10.6 Å². The summed E-state index contributed by atoms with van der Waals surface area (Å²) in [5, 5.41) is 7.77. The van der Waals surface area contributed by atoms with E-state index in [1.54, 1.807) is 14.2 Å². The number of anilines is 3. The Bertz CT molecular complexity index is 515. The maximum Gasteiger partial charge on any atom is 0.256 e. The fourth-order valence-electron chi connectivity index (χ4n) is 2.50. The average Bonchev–Trinajstić information content (AvgIpc) is 2.58. The van der Waals surface area contributed by atoms with Gasteiger partial charge in [0.15, 0.2) is 0 Å². The van der Waals surface area contributed by atoms with Gasteiger partial charge in [-0.05, 0) is 18.8 Å². The Balaban J connectivity index is 0.00000264. The van der Waals surface area contributed by atoms with Crippen molar-refractivity contribution >= 4 is 30.3 Å². The van der Waals surface area contributed by atoms with E-state index in [0.29, 0.717) is 30.3 Å². The summed E-state index contributed by atoms with van der Waals surface area (Å²) < 4.78 is 0. The Morgan fingerprint density at radius 1 is 1.17 bits per heavy atom. The van der Waals surface area contributed by atoms with Crippen LogP contribution in [0.2, 0.25) is 0 Å². The summed E-state index contributed by atoms with van der Waals surface area (Å²) in [6.45, 7) is 1.25. The summed E-state index contributed by atoms with van der Waals surface area (Å²) in [5.41, 5.74) is 0. The van der Waals surface area contributed by atoms with Crippen LogP contribution >= 0.6 is 12.4 Å². The highest BCUT2D eigenvalue weighted by Crippen LogP contribution is 2.23. The van der Waals surface area contributed by atoms with Crippen LogP contribution in [0.1, 0.15) is 32.1 Å². The SMILES string of the molecule is C#CCNc1nc(NCC2CCCCC2)nc(N(C)OC)n1.Cl. The number of hydroxylamine groups is 1. The number of terminal acetylenes is 1. The van der Waals surface area contributed by atoms with Crippen molar-refractivity contribution in [3.05, 3.63) is 0 Å². The molecule has 0 radical (unpaired) electrons. The number of nitrogens with one attached hydrogen (secondary N) is 2. The van der Waals surface area contributed by atoms with Gasteiger partial charge in [-0.25, -0.2) is 5.06 Å². The van der Waals surface area contributed by atoms with Gasteiger partial charge in [0.05, 0.1) is 13.7 Å². The molecule has 0 bridgehead atoms. The minimum Gasteiger partial charge on any atom is -0.354 e. The van der Waals surface area contributed by atoms with E-state index in [1.807, 2.05) is 0 Å². The van der Waals surface area contributed by atoms with Crippen molar-refractivity contribution in [3.63, 3.8) is 0 Å². The molecule has 1 aromatic rings. The van der Waals surface area contributed by atoms with Crippen LogP contribution in [0.4, 0.5) is 17.8 Å². The maximum absolute atomic E-state index is 5.26. The molecule has 0 atom stereocenters. The van der Waals surface area contributed by atoms with E-state index in [0.717, 1.165) is 6.54 Å². The number of aromatic nitrogens is 3. The molecule has 0 saturated heterocycles. The Labute approximate surface area is 144 Å². The zero-order valence-electron chi connectivity index (χ0n) is 13.7. The van der Waals surface area contributed by atoms with Gasteiger partial charge >= 0.3 is 0 Å². The lowest BCUT2D eigenvalue weighted by molar-refractivity contribution is 0.180. The third-order valence-corrected chi connectivity index (χ3v) is 3.80. The first-order chi connectivity index (χ1) is 10.7. The summed E-state index contributed by atoms with van der Waals surface area (Å²) >= 11 is 0. The Morgan fingerprint density at radius 2 is 1.83 bits per heavy atom. The van der Waals surface area contributed by atoms with Gasteiger partial charge in [-0.2, -0.15) is 15.0 Å². The van der Waals surface area contributed by atoms with E-state index in [-0.39, 0.29) is 12.4 Å². The van der Waals surface area contributed by atoms with E-state index in [9.17, 15) is 0 Å². The van der Waals surface area contributed by atoms with E-state index in [1.165, 1.54) is 37.2 Å². The van der Waals surface area contributed by atoms with Gasteiger partial charge in [0.1, 0.15) is 0 Å². The van der Waals surface area contributed by atoms with Crippen molar-refractivity contribution in [1.82, 2.24) is 15.0 Å². The van der Waals surface area contributed by atoms with Crippen LogP contribution in [-0.4, -0.2) is 42.2 Å². The molecule has 2 rings (SSSR count). The number of hydrogen-bond donors (Lipinski definition) is 2.